The molecule has 0 aliphatic carbocycles. The highest BCUT2D eigenvalue weighted by Gasteiger charge is 2.26. The van der Waals surface area contributed by atoms with Gasteiger partial charge in [-0.2, -0.15) is 0 Å². The molecule has 0 N–H and O–H groups in total. The van der Waals surface area contributed by atoms with Gasteiger partial charge in [0.25, 0.3) is 11.4 Å². The van der Waals surface area contributed by atoms with Crippen molar-refractivity contribution in [3.8, 4) is 11.5 Å². The van der Waals surface area contributed by atoms with Crippen LogP contribution in [0.2, 0.25) is 0 Å². The van der Waals surface area contributed by atoms with Crippen molar-refractivity contribution >= 4 is 84.0 Å². The van der Waals surface area contributed by atoms with E-state index in [9.17, 15) is 25.0 Å². The Bertz CT molecular complexity index is 1080. The molecular formula is C19H17Br2Cl3N2O8. The zero-order valence-electron chi connectivity index (χ0n) is 17.8. The number of nitro benzene ring substituents is 2. The molecule has 0 amide bonds. The Morgan fingerprint density at radius 3 is 1.65 bits per heavy atom. The summed E-state index contributed by atoms with van der Waals surface area (Å²) < 4.78 is 14.0. The molecular weight excluding hydrogens is 650 g/mol. The Morgan fingerprint density at radius 1 is 0.882 bits per heavy atom. The number of carbonyl (C=O) groups is 1. The molecule has 2 rings (SSSR count). The Hall–Kier alpha value is -1.86. The molecule has 0 fully saturated rings. The van der Waals surface area contributed by atoms with Crippen molar-refractivity contribution in [1.29, 1.82) is 0 Å². The van der Waals surface area contributed by atoms with Crippen LogP contribution in [0.4, 0.5) is 11.4 Å². The van der Waals surface area contributed by atoms with E-state index >= 15 is 0 Å². The minimum Gasteiger partial charge on any atom is -0.496 e. The van der Waals surface area contributed by atoms with Gasteiger partial charge < -0.3 is 14.2 Å². The van der Waals surface area contributed by atoms with Crippen molar-refractivity contribution in [2.24, 2.45) is 0 Å². The summed E-state index contributed by atoms with van der Waals surface area (Å²) in [4.78, 5) is 31.5. The predicted molar refractivity (Wildman–Crippen MR) is 134 cm³/mol. The minimum absolute atomic E-state index is 0.0156. The van der Waals surface area contributed by atoms with Gasteiger partial charge in [0.05, 0.1) is 49.7 Å². The number of benzene rings is 2. The van der Waals surface area contributed by atoms with Crippen molar-refractivity contribution in [1.82, 2.24) is 0 Å². The van der Waals surface area contributed by atoms with E-state index in [4.69, 9.17) is 44.3 Å². The monoisotopic (exact) mass is 664 g/mol. The molecule has 0 heterocycles. The first-order valence-corrected chi connectivity index (χ1v) is 11.6. The summed E-state index contributed by atoms with van der Waals surface area (Å²) in [5.41, 5.74) is 0.882. The van der Waals surface area contributed by atoms with Crippen LogP contribution in [0.5, 0.6) is 11.5 Å². The molecule has 0 aliphatic heterocycles. The Morgan fingerprint density at radius 2 is 1.29 bits per heavy atom. The lowest BCUT2D eigenvalue weighted by Crippen LogP contribution is -2.09. The van der Waals surface area contributed by atoms with Gasteiger partial charge in [0.15, 0.2) is 3.79 Å². The number of halogens is 5. The third-order valence-corrected chi connectivity index (χ3v) is 5.88. The third kappa shape index (κ3) is 9.06. The topological polar surface area (TPSA) is 131 Å². The lowest BCUT2D eigenvalue weighted by atomic mass is 10.1. The standard InChI is InChI=1S/C10H10BrNO5.C9H7BrCl3NO3/c1-16-9-4-6(12(14)15)3-8(11)7(9)5-10(13)17-2;1-17-8-3-5(14(15)16)2-7(10)6(8)4-9(11,12)13/h3-4H,5H2,1-2H3;2-3H,4H2,1H3. The zero-order chi connectivity index (χ0) is 26.2. The summed E-state index contributed by atoms with van der Waals surface area (Å²) in [6.07, 6.45) is 0.0671. The number of methoxy groups -OCH3 is 3. The Kier molecular flexibility index (Phi) is 11.8. The quantitative estimate of drug-likeness (QED) is 0.144. The number of carbonyl (C=O) groups excluding carboxylic acids is 1. The van der Waals surface area contributed by atoms with Crippen LogP contribution in [0.15, 0.2) is 33.2 Å². The summed E-state index contributed by atoms with van der Waals surface area (Å²) in [6.45, 7) is 0. The molecule has 2 aromatic carbocycles. The number of esters is 1. The molecule has 0 unspecified atom stereocenters. The van der Waals surface area contributed by atoms with E-state index < -0.39 is 19.6 Å². The van der Waals surface area contributed by atoms with Crippen LogP contribution in [0.1, 0.15) is 11.1 Å². The highest BCUT2D eigenvalue weighted by atomic mass is 79.9. The fourth-order valence-corrected chi connectivity index (χ4v) is 4.07. The van der Waals surface area contributed by atoms with E-state index in [1.807, 2.05) is 0 Å². The molecule has 0 aliphatic rings. The number of alkyl halides is 3. The van der Waals surface area contributed by atoms with Gasteiger partial charge in [0.2, 0.25) is 0 Å². The van der Waals surface area contributed by atoms with E-state index in [1.54, 1.807) is 0 Å². The number of non-ortho nitro benzene ring substituents is 2. The van der Waals surface area contributed by atoms with Crippen LogP contribution in [0.3, 0.4) is 0 Å². The molecule has 0 spiro atoms. The van der Waals surface area contributed by atoms with Gasteiger partial charge in [-0.3, -0.25) is 25.0 Å². The second kappa shape index (κ2) is 13.3. The second-order valence-electron chi connectivity index (χ2n) is 6.28. The normalized spacial score (nSPS) is 10.6. The van der Waals surface area contributed by atoms with Gasteiger partial charge in [0.1, 0.15) is 11.5 Å². The average Bonchev–Trinajstić information content (AvgIpc) is 2.75. The molecule has 2 aromatic rings. The number of ether oxygens (including phenoxy) is 3. The molecule has 34 heavy (non-hydrogen) atoms. The summed E-state index contributed by atoms with van der Waals surface area (Å²) in [7, 11) is 4.05. The first-order chi connectivity index (χ1) is 15.7. The number of hydrogen-bond acceptors (Lipinski definition) is 8. The summed E-state index contributed by atoms with van der Waals surface area (Å²) in [5, 5.41) is 21.3. The second-order valence-corrected chi connectivity index (χ2v) is 10.5. The van der Waals surface area contributed by atoms with Gasteiger partial charge in [0, 0.05) is 38.6 Å². The lowest BCUT2D eigenvalue weighted by Gasteiger charge is -2.15. The molecule has 0 atom stereocenters. The fraction of sp³-hybridized carbons (Fsp3) is 0.316. The maximum atomic E-state index is 11.2. The molecule has 15 heteroatoms. The van der Waals surface area contributed by atoms with Gasteiger partial charge in [-0.1, -0.05) is 66.7 Å². The zero-order valence-corrected chi connectivity index (χ0v) is 23.2. The van der Waals surface area contributed by atoms with Gasteiger partial charge in [-0.25, -0.2) is 0 Å². The molecule has 0 aromatic heterocycles. The summed E-state index contributed by atoms with van der Waals surface area (Å²) in [6, 6.07) is 5.22. The Balaban J connectivity index is 0.000000340. The fourth-order valence-electron chi connectivity index (χ4n) is 2.53. The van der Waals surface area contributed by atoms with Crippen molar-refractivity contribution in [3.05, 3.63) is 64.6 Å². The largest absolute Gasteiger partial charge is 0.496 e. The number of nitro groups is 2. The first-order valence-electron chi connectivity index (χ1n) is 8.89. The van der Waals surface area contributed by atoms with Crippen LogP contribution in [-0.2, 0) is 22.4 Å². The maximum absolute atomic E-state index is 11.2. The van der Waals surface area contributed by atoms with Crippen LogP contribution in [0.25, 0.3) is 0 Å². The summed E-state index contributed by atoms with van der Waals surface area (Å²) in [5.74, 6) is 0.131. The average molecular weight is 668 g/mol. The Labute approximate surface area is 226 Å². The molecule has 10 nitrogen and oxygen atoms in total. The SMILES string of the molecule is COC(=O)Cc1c(Br)cc([N+](=O)[O-])cc1OC.COc1cc([N+](=O)[O-])cc(Br)c1CC(Cl)(Cl)Cl. The maximum Gasteiger partial charge on any atom is 0.310 e. The smallest absolute Gasteiger partial charge is 0.310 e. The number of hydrogen-bond donors (Lipinski definition) is 0. The first kappa shape index (κ1) is 30.2. The highest BCUT2D eigenvalue weighted by Crippen LogP contribution is 2.39. The molecule has 0 radical (unpaired) electrons. The number of nitrogens with zero attached hydrogens (tertiary/aromatic N) is 2. The molecule has 0 saturated carbocycles. The van der Waals surface area contributed by atoms with E-state index in [0.29, 0.717) is 25.8 Å². The minimum atomic E-state index is -1.49. The van der Waals surface area contributed by atoms with E-state index in [1.165, 1.54) is 45.6 Å². The van der Waals surface area contributed by atoms with Crippen molar-refractivity contribution < 1.29 is 28.9 Å². The van der Waals surface area contributed by atoms with Crippen LogP contribution in [-0.4, -0.2) is 40.9 Å². The van der Waals surface area contributed by atoms with Crippen molar-refractivity contribution in [3.63, 3.8) is 0 Å². The summed E-state index contributed by atoms with van der Waals surface area (Å²) >= 11 is 23.4. The lowest BCUT2D eigenvalue weighted by molar-refractivity contribution is -0.385. The molecule has 0 bridgehead atoms. The van der Waals surface area contributed by atoms with E-state index in [-0.39, 0.29) is 30.0 Å². The number of rotatable bonds is 7. The van der Waals surface area contributed by atoms with Crippen molar-refractivity contribution in [2.45, 2.75) is 16.6 Å². The van der Waals surface area contributed by atoms with Crippen LogP contribution < -0.4 is 9.47 Å². The predicted octanol–water partition coefficient (Wildman–Crippen LogP) is 6.36. The molecule has 186 valence electrons. The van der Waals surface area contributed by atoms with Gasteiger partial charge in [-0.05, 0) is 0 Å². The third-order valence-electron chi connectivity index (χ3n) is 4.07. The van der Waals surface area contributed by atoms with Crippen LogP contribution >= 0.6 is 66.7 Å². The highest BCUT2D eigenvalue weighted by molar-refractivity contribution is 9.10. The van der Waals surface area contributed by atoms with Gasteiger partial charge in [-0.15, -0.1) is 0 Å². The van der Waals surface area contributed by atoms with Crippen molar-refractivity contribution in [2.75, 3.05) is 21.3 Å². The van der Waals surface area contributed by atoms with E-state index in [2.05, 4.69) is 36.6 Å². The van der Waals surface area contributed by atoms with E-state index in [0.717, 1.165) is 0 Å². The molecule has 0 saturated heterocycles. The van der Waals surface area contributed by atoms with Crippen LogP contribution in [0, 0.1) is 20.2 Å². The van der Waals surface area contributed by atoms with Gasteiger partial charge >= 0.3 is 5.97 Å².